The molecular formula is C18H18N2. The lowest BCUT2D eigenvalue weighted by Gasteiger charge is -2.29. The van der Waals surface area contributed by atoms with Crippen LogP contribution < -0.4 is 4.90 Å². The molecule has 0 fully saturated rings. The number of aryl methyl sites for hydroxylation is 1. The van der Waals surface area contributed by atoms with Crippen molar-refractivity contribution < 1.29 is 0 Å². The molecule has 2 aromatic carbocycles. The summed E-state index contributed by atoms with van der Waals surface area (Å²) in [5.74, 6) is 0. The van der Waals surface area contributed by atoms with Crippen LogP contribution in [0.25, 0.3) is 0 Å². The van der Waals surface area contributed by atoms with E-state index in [1.807, 2.05) is 6.07 Å². The average Bonchev–Trinajstić information content (AvgIpc) is 2.68. The van der Waals surface area contributed by atoms with Gasteiger partial charge in [0.2, 0.25) is 0 Å². The number of nitriles is 1. The molecule has 1 atom stereocenters. The Morgan fingerprint density at radius 3 is 2.60 bits per heavy atom. The smallest absolute Gasteiger partial charge is 0.117 e. The third kappa shape index (κ3) is 2.53. The Morgan fingerprint density at radius 2 is 1.80 bits per heavy atom. The SMILES string of the molecule is N#CC1CCCc2ccccc2N1Cc1ccccc1. The molecule has 0 N–H and O–H groups in total. The Bertz CT molecular complexity index is 613. The van der Waals surface area contributed by atoms with Gasteiger partial charge < -0.3 is 4.90 Å². The third-order valence-corrected chi connectivity index (χ3v) is 3.95. The number of hydrogen-bond donors (Lipinski definition) is 0. The summed E-state index contributed by atoms with van der Waals surface area (Å²) in [7, 11) is 0. The minimum atomic E-state index is -0.0288. The first kappa shape index (κ1) is 12.7. The summed E-state index contributed by atoms with van der Waals surface area (Å²) in [6.07, 6.45) is 3.10. The highest BCUT2D eigenvalue weighted by Crippen LogP contribution is 2.30. The van der Waals surface area contributed by atoms with Crippen LogP contribution >= 0.6 is 0 Å². The predicted octanol–water partition coefficient (Wildman–Crippen LogP) is 3.92. The number of nitrogens with zero attached hydrogens (tertiary/aromatic N) is 2. The summed E-state index contributed by atoms with van der Waals surface area (Å²) >= 11 is 0. The van der Waals surface area contributed by atoms with Crippen molar-refractivity contribution in [2.75, 3.05) is 4.90 Å². The molecule has 20 heavy (non-hydrogen) atoms. The van der Waals surface area contributed by atoms with Gasteiger partial charge in [-0.2, -0.15) is 5.26 Å². The van der Waals surface area contributed by atoms with Crippen LogP contribution in [-0.2, 0) is 13.0 Å². The molecule has 0 bridgehead atoms. The van der Waals surface area contributed by atoms with Crippen LogP contribution in [0.15, 0.2) is 54.6 Å². The monoisotopic (exact) mass is 262 g/mol. The maximum absolute atomic E-state index is 9.50. The fourth-order valence-electron chi connectivity index (χ4n) is 2.92. The van der Waals surface area contributed by atoms with E-state index in [0.717, 1.165) is 25.8 Å². The summed E-state index contributed by atoms with van der Waals surface area (Å²) in [5.41, 5.74) is 3.84. The Kier molecular flexibility index (Phi) is 3.69. The first-order chi connectivity index (χ1) is 9.88. The summed E-state index contributed by atoms with van der Waals surface area (Å²) in [5, 5.41) is 9.50. The number of para-hydroxylation sites is 1. The molecule has 1 aliphatic rings. The molecule has 1 unspecified atom stereocenters. The molecule has 0 spiro atoms. The van der Waals surface area contributed by atoms with Crippen LogP contribution in [0.5, 0.6) is 0 Å². The van der Waals surface area contributed by atoms with Crippen molar-refractivity contribution in [1.29, 1.82) is 5.26 Å². The van der Waals surface area contributed by atoms with E-state index in [1.165, 1.54) is 16.8 Å². The molecule has 0 amide bonds. The van der Waals surface area contributed by atoms with Gasteiger partial charge in [-0.15, -0.1) is 0 Å². The van der Waals surface area contributed by atoms with Gasteiger partial charge in [-0.1, -0.05) is 48.5 Å². The minimum Gasteiger partial charge on any atom is -0.351 e. The molecular weight excluding hydrogens is 244 g/mol. The third-order valence-electron chi connectivity index (χ3n) is 3.95. The Balaban J connectivity index is 1.98. The second-order valence-electron chi connectivity index (χ2n) is 5.28. The second-order valence-corrected chi connectivity index (χ2v) is 5.28. The van der Waals surface area contributed by atoms with E-state index in [2.05, 4.69) is 59.5 Å². The summed E-state index contributed by atoms with van der Waals surface area (Å²) in [4.78, 5) is 2.26. The fourth-order valence-corrected chi connectivity index (χ4v) is 2.92. The number of benzene rings is 2. The van der Waals surface area contributed by atoms with Crippen LogP contribution in [0, 0.1) is 11.3 Å². The minimum absolute atomic E-state index is 0.0288. The molecule has 2 nitrogen and oxygen atoms in total. The van der Waals surface area contributed by atoms with Crippen molar-refractivity contribution in [3.8, 4) is 6.07 Å². The predicted molar refractivity (Wildman–Crippen MR) is 81.4 cm³/mol. The summed E-state index contributed by atoms with van der Waals surface area (Å²) in [6.45, 7) is 0.802. The Hall–Kier alpha value is -2.27. The summed E-state index contributed by atoms with van der Waals surface area (Å²) < 4.78 is 0. The van der Waals surface area contributed by atoms with Gasteiger partial charge in [0.15, 0.2) is 0 Å². The number of anilines is 1. The van der Waals surface area contributed by atoms with Crippen molar-refractivity contribution in [2.45, 2.75) is 31.8 Å². The molecule has 1 heterocycles. The molecule has 0 radical (unpaired) electrons. The normalized spacial score (nSPS) is 17.9. The van der Waals surface area contributed by atoms with Crippen molar-refractivity contribution in [2.24, 2.45) is 0 Å². The van der Waals surface area contributed by atoms with Gasteiger partial charge in [0, 0.05) is 12.2 Å². The van der Waals surface area contributed by atoms with Crippen LogP contribution in [0.4, 0.5) is 5.69 Å². The lowest BCUT2D eigenvalue weighted by Crippen LogP contribution is -2.33. The lowest BCUT2D eigenvalue weighted by atomic mass is 10.1. The number of rotatable bonds is 2. The van der Waals surface area contributed by atoms with Crippen molar-refractivity contribution in [1.82, 2.24) is 0 Å². The van der Waals surface area contributed by atoms with Gasteiger partial charge in [0.1, 0.15) is 6.04 Å². The lowest BCUT2D eigenvalue weighted by molar-refractivity contribution is 0.633. The molecule has 1 aliphatic heterocycles. The average molecular weight is 262 g/mol. The van der Waals surface area contributed by atoms with E-state index in [0.29, 0.717) is 0 Å². The van der Waals surface area contributed by atoms with Crippen molar-refractivity contribution in [3.63, 3.8) is 0 Å². The Morgan fingerprint density at radius 1 is 1.05 bits per heavy atom. The maximum Gasteiger partial charge on any atom is 0.117 e. The number of hydrogen-bond acceptors (Lipinski definition) is 2. The van der Waals surface area contributed by atoms with E-state index in [-0.39, 0.29) is 6.04 Å². The highest BCUT2D eigenvalue weighted by molar-refractivity contribution is 5.56. The van der Waals surface area contributed by atoms with E-state index in [4.69, 9.17) is 0 Å². The largest absolute Gasteiger partial charge is 0.351 e. The highest BCUT2D eigenvalue weighted by Gasteiger charge is 2.23. The molecule has 3 rings (SSSR count). The van der Waals surface area contributed by atoms with Gasteiger partial charge >= 0.3 is 0 Å². The van der Waals surface area contributed by atoms with E-state index in [9.17, 15) is 5.26 Å². The van der Waals surface area contributed by atoms with E-state index >= 15 is 0 Å². The van der Waals surface area contributed by atoms with Crippen molar-refractivity contribution >= 4 is 5.69 Å². The van der Waals surface area contributed by atoms with Crippen LogP contribution in [0.2, 0.25) is 0 Å². The first-order valence-corrected chi connectivity index (χ1v) is 7.16. The topological polar surface area (TPSA) is 27.0 Å². The highest BCUT2D eigenvalue weighted by atomic mass is 15.2. The maximum atomic E-state index is 9.50. The number of fused-ring (bicyclic) bond motifs is 1. The van der Waals surface area contributed by atoms with Gasteiger partial charge in [0.05, 0.1) is 6.07 Å². The standard InChI is InChI=1S/C18H18N2/c19-13-17-11-6-10-16-9-4-5-12-18(16)20(17)14-15-7-2-1-3-8-15/h1-5,7-9,12,17H,6,10-11,14H2. The van der Waals surface area contributed by atoms with E-state index in [1.54, 1.807) is 0 Å². The molecule has 2 heteroatoms. The summed E-state index contributed by atoms with van der Waals surface area (Å²) in [6, 6.07) is 21.3. The Labute approximate surface area is 120 Å². The molecule has 2 aromatic rings. The zero-order chi connectivity index (χ0) is 13.8. The molecule has 0 aromatic heterocycles. The van der Waals surface area contributed by atoms with Crippen LogP contribution in [-0.4, -0.2) is 6.04 Å². The van der Waals surface area contributed by atoms with Crippen molar-refractivity contribution in [3.05, 3.63) is 65.7 Å². The fraction of sp³-hybridized carbons (Fsp3) is 0.278. The van der Waals surface area contributed by atoms with Crippen LogP contribution in [0.3, 0.4) is 0 Å². The van der Waals surface area contributed by atoms with Gasteiger partial charge in [-0.05, 0) is 36.5 Å². The molecule has 100 valence electrons. The quantitative estimate of drug-likeness (QED) is 0.820. The van der Waals surface area contributed by atoms with Gasteiger partial charge in [-0.3, -0.25) is 0 Å². The zero-order valence-corrected chi connectivity index (χ0v) is 11.5. The zero-order valence-electron chi connectivity index (χ0n) is 11.5. The van der Waals surface area contributed by atoms with Gasteiger partial charge in [0.25, 0.3) is 0 Å². The second kappa shape index (κ2) is 5.79. The molecule has 0 saturated carbocycles. The first-order valence-electron chi connectivity index (χ1n) is 7.16. The molecule has 0 saturated heterocycles. The van der Waals surface area contributed by atoms with Crippen LogP contribution in [0.1, 0.15) is 24.0 Å². The van der Waals surface area contributed by atoms with E-state index < -0.39 is 0 Å². The molecule has 0 aliphatic carbocycles. The van der Waals surface area contributed by atoms with Gasteiger partial charge in [-0.25, -0.2) is 0 Å².